The Kier molecular flexibility index (Phi) is 6.14. The van der Waals surface area contributed by atoms with Crippen molar-refractivity contribution in [2.45, 2.75) is 63.8 Å². The minimum Gasteiger partial charge on any atom is -0.445 e. The molecule has 2 fully saturated rings. The van der Waals surface area contributed by atoms with Crippen LogP contribution in [0.25, 0.3) is 0 Å². The number of hydrogen-bond acceptors (Lipinski definition) is 4. The molecular formula is C20H28N2O4. The smallest absolute Gasteiger partial charge is 0.410 e. The summed E-state index contributed by atoms with van der Waals surface area (Å²) in [6.45, 7) is 3.33. The maximum atomic E-state index is 13.0. The first kappa shape index (κ1) is 18.7. The van der Waals surface area contributed by atoms with Gasteiger partial charge in [0, 0.05) is 13.1 Å². The SMILES string of the molecule is CC[C@@H](O)C1CCCN1C(=O)[C@@H]1CCCN1C(=O)OCc1ccccc1. The lowest BCUT2D eigenvalue weighted by atomic mass is 10.1. The third-order valence-electron chi connectivity index (χ3n) is 5.42. The Balaban J connectivity index is 1.61. The second kappa shape index (κ2) is 8.54. The van der Waals surface area contributed by atoms with Crippen molar-refractivity contribution in [1.82, 2.24) is 9.80 Å². The van der Waals surface area contributed by atoms with Crippen molar-refractivity contribution in [3.8, 4) is 0 Å². The first-order chi connectivity index (χ1) is 12.6. The fourth-order valence-electron chi connectivity index (χ4n) is 3.97. The van der Waals surface area contributed by atoms with Crippen LogP contribution < -0.4 is 0 Å². The predicted molar refractivity (Wildman–Crippen MR) is 97.4 cm³/mol. The lowest BCUT2D eigenvalue weighted by Gasteiger charge is -2.33. The van der Waals surface area contributed by atoms with Gasteiger partial charge in [-0.05, 0) is 37.7 Å². The number of carbonyl (C=O) groups excluding carboxylic acids is 2. The summed E-state index contributed by atoms with van der Waals surface area (Å²) in [6.07, 6.45) is 2.88. The van der Waals surface area contributed by atoms with E-state index in [0.717, 1.165) is 24.8 Å². The van der Waals surface area contributed by atoms with E-state index in [4.69, 9.17) is 4.74 Å². The molecule has 0 aromatic heterocycles. The average Bonchev–Trinajstić information content (AvgIpc) is 3.35. The Bertz CT molecular complexity index is 621. The quantitative estimate of drug-likeness (QED) is 0.876. The molecule has 1 aromatic rings. The van der Waals surface area contributed by atoms with E-state index in [0.29, 0.717) is 25.9 Å². The van der Waals surface area contributed by atoms with Gasteiger partial charge >= 0.3 is 6.09 Å². The standard InChI is InChI=1S/C20H28N2O4/c1-2-18(23)16-10-6-12-21(16)19(24)17-11-7-13-22(17)20(25)26-14-15-8-4-3-5-9-15/h3-5,8-9,16-18,23H,2,6-7,10-14H2,1H3/t16?,17-,18+/m0/s1. The summed E-state index contributed by atoms with van der Waals surface area (Å²) in [5.41, 5.74) is 0.925. The van der Waals surface area contributed by atoms with Gasteiger partial charge in [0.05, 0.1) is 12.1 Å². The highest BCUT2D eigenvalue weighted by Crippen LogP contribution is 2.27. The van der Waals surface area contributed by atoms with Gasteiger partial charge in [-0.2, -0.15) is 0 Å². The molecule has 1 unspecified atom stereocenters. The first-order valence-electron chi connectivity index (χ1n) is 9.57. The Labute approximate surface area is 154 Å². The van der Waals surface area contributed by atoms with Crippen molar-refractivity contribution in [2.75, 3.05) is 13.1 Å². The molecule has 2 saturated heterocycles. The van der Waals surface area contributed by atoms with E-state index in [2.05, 4.69) is 0 Å². The molecule has 142 valence electrons. The summed E-state index contributed by atoms with van der Waals surface area (Å²) < 4.78 is 5.42. The summed E-state index contributed by atoms with van der Waals surface area (Å²) in [5.74, 6) is -0.0471. The molecule has 1 N–H and O–H groups in total. The summed E-state index contributed by atoms with van der Waals surface area (Å²) in [4.78, 5) is 28.9. The van der Waals surface area contributed by atoms with E-state index in [-0.39, 0.29) is 18.6 Å². The molecule has 6 heteroatoms. The number of likely N-dealkylation sites (tertiary alicyclic amines) is 2. The predicted octanol–water partition coefficient (Wildman–Crippen LogP) is 2.55. The summed E-state index contributed by atoms with van der Waals surface area (Å²) in [5, 5.41) is 10.2. The molecule has 2 heterocycles. The van der Waals surface area contributed by atoms with Gasteiger partial charge in [0.2, 0.25) is 5.91 Å². The lowest BCUT2D eigenvalue weighted by molar-refractivity contribution is -0.138. The molecule has 1 aromatic carbocycles. The minimum atomic E-state index is -0.499. The molecule has 26 heavy (non-hydrogen) atoms. The van der Waals surface area contributed by atoms with Crippen LogP contribution in [0.2, 0.25) is 0 Å². The molecule has 3 rings (SSSR count). The number of ether oxygens (including phenoxy) is 1. The largest absolute Gasteiger partial charge is 0.445 e. The maximum absolute atomic E-state index is 13.0. The first-order valence-corrected chi connectivity index (χ1v) is 9.57. The number of amides is 2. The molecule has 2 aliphatic heterocycles. The van der Waals surface area contributed by atoms with E-state index in [1.807, 2.05) is 37.3 Å². The second-order valence-corrected chi connectivity index (χ2v) is 7.11. The van der Waals surface area contributed by atoms with E-state index < -0.39 is 18.2 Å². The number of rotatable bonds is 5. The van der Waals surface area contributed by atoms with Crippen LogP contribution in [0.3, 0.4) is 0 Å². The molecule has 6 nitrogen and oxygen atoms in total. The van der Waals surface area contributed by atoms with Gasteiger partial charge in [0.1, 0.15) is 12.6 Å². The van der Waals surface area contributed by atoms with Crippen molar-refractivity contribution in [3.05, 3.63) is 35.9 Å². The minimum absolute atomic E-state index is 0.0471. The average molecular weight is 360 g/mol. The van der Waals surface area contributed by atoms with Gasteiger partial charge in [-0.25, -0.2) is 4.79 Å². The Morgan fingerprint density at radius 3 is 2.58 bits per heavy atom. The van der Waals surface area contributed by atoms with E-state index in [1.54, 1.807) is 9.80 Å². The second-order valence-electron chi connectivity index (χ2n) is 7.11. The van der Waals surface area contributed by atoms with Crippen molar-refractivity contribution in [3.63, 3.8) is 0 Å². The topological polar surface area (TPSA) is 70.1 Å². The number of hydrogen-bond donors (Lipinski definition) is 1. The van der Waals surface area contributed by atoms with E-state index >= 15 is 0 Å². The number of aliphatic hydroxyl groups is 1. The number of benzene rings is 1. The molecular weight excluding hydrogens is 332 g/mol. The van der Waals surface area contributed by atoms with Gasteiger partial charge in [-0.3, -0.25) is 9.69 Å². The summed E-state index contributed by atoms with van der Waals surface area (Å²) in [7, 11) is 0. The maximum Gasteiger partial charge on any atom is 0.410 e. The van der Waals surface area contributed by atoms with Crippen molar-refractivity contribution < 1.29 is 19.4 Å². The fourth-order valence-corrected chi connectivity index (χ4v) is 3.97. The van der Waals surface area contributed by atoms with Gasteiger partial charge in [0.15, 0.2) is 0 Å². The van der Waals surface area contributed by atoms with Gasteiger partial charge in [-0.15, -0.1) is 0 Å². The zero-order valence-corrected chi connectivity index (χ0v) is 15.3. The number of nitrogens with zero attached hydrogens (tertiary/aromatic N) is 2. The monoisotopic (exact) mass is 360 g/mol. The zero-order valence-electron chi connectivity index (χ0n) is 15.3. The van der Waals surface area contributed by atoms with Crippen LogP contribution >= 0.6 is 0 Å². The van der Waals surface area contributed by atoms with Crippen LogP contribution in [-0.2, 0) is 16.1 Å². The Morgan fingerprint density at radius 2 is 1.85 bits per heavy atom. The summed E-state index contributed by atoms with van der Waals surface area (Å²) in [6, 6.07) is 8.92. The van der Waals surface area contributed by atoms with Crippen LogP contribution in [0.4, 0.5) is 4.79 Å². The fraction of sp³-hybridized carbons (Fsp3) is 0.600. The third-order valence-corrected chi connectivity index (χ3v) is 5.42. The zero-order chi connectivity index (χ0) is 18.5. The normalized spacial score (nSPS) is 23.9. The van der Waals surface area contributed by atoms with Gasteiger partial charge in [-0.1, -0.05) is 37.3 Å². The molecule has 3 atom stereocenters. The highest BCUT2D eigenvalue weighted by Gasteiger charge is 2.42. The van der Waals surface area contributed by atoms with E-state index in [1.165, 1.54) is 0 Å². The van der Waals surface area contributed by atoms with Crippen LogP contribution in [0.1, 0.15) is 44.6 Å². The molecule has 0 bridgehead atoms. The molecule has 0 radical (unpaired) electrons. The van der Waals surface area contributed by atoms with Crippen LogP contribution in [0.15, 0.2) is 30.3 Å². The van der Waals surface area contributed by atoms with Crippen molar-refractivity contribution in [1.29, 1.82) is 0 Å². The van der Waals surface area contributed by atoms with Crippen LogP contribution in [0.5, 0.6) is 0 Å². The van der Waals surface area contributed by atoms with Crippen molar-refractivity contribution >= 4 is 12.0 Å². The van der Waals surface area contributed by atoms with Crippen LogP contribution in [-0.4, -0.2) is 58.2 Å². The Hall–Kier alpha value is -2.08. The molecule has 0 aliphatic carbocycles. The molecule has 0 spiro atoms. The molecule has 0 saturated carbocycles. The molecule has 2 aliphatic rings. The van der Waals surface area contributed by atoms with Gasteiger partial charge < -0.3 is 14.7 Å². The highest BCUT2D eigenvalue weighted by atomic mass is 16.6. The van der Waals surface area contributed by atoms with Crippen LogP contribution in [0, 0.1) is 0 Å². The molecule has 2 amide bonds. The third kappa shape index (κ3) is 4.01. The van der Waals surface area contributed by atoms with Gasteiger partial charge in [0.25, 0.3) is 0 Å². The number of carbonyl (C=O) groups is 2. The van der Waals surface area contributed by atoms with Crippen molar-refractivity contribution in [2.24, 2.45) is 0 Å². The Morgan fingerprint density at radius 1 is 1.15 bits per heavy atom. The number of aliphatic hydroxyl groups excluding tert-OH is 1. The lowest BCUT2D eigenvalue weighted by Crippen LogP contribution is -2.51. The van der Waals surface area contributed by atoms with E-state index in [9.17, 15) is 14.7 Å². The highest BCUT2D eigenvalue weighted by molar-refractivity contribution is 5.86. The summed E-state index contributed by atoms with van der Waals surface area (Å²) >= 11 is 0.